The number of hydrogen-bond acceptors (Lipinski definition) is 2. The summed E-state index contributed by atoms with van der Waals surface area (Å²) >= 11 is 0. The van der Waals surface area contributed by atoms with Crippen molar-refractivity contribution in [2.24, 2.45) is 5.41 Å². The average molecular weight is 374 g/mol. The lowest BCUT2D eigenvalue weighted by Crippen LogP contribution is -2.27. The molecule has 27 heavy (non-hydrogen) atoms. The Hall–Kier alpha value is -1.77. The van der Waals surface area contributed by atoms with Crippen LogP contribution in [0.4, 0.5) is 0 Å². The maximum atomic E-state index is 11.6. The predicted octanol–water partition coefficient (Wildman–Crippen LogP) is 5.99. The Balaban J connectivity index is 3.51. The summed E-state index contributed by atoms with van der Waals surface area (Å²) in [5.41, 5.74) is 2.76. The molecule has 1 rings (SSSR count). The highest BCUT2D eigenvalue weighted by Gasteiger charge is 2.33. The highest BCUT2D eigenvalue weighted by molar-refractivity contribution is 5.86. The second-order valence-electron chi connectivity index (χ2n) is 10.2. The van der Waals surface area contributed by atoms with Crippen molar-refractivity contribution in [3.8, 4) is 5.75 Å². The summed E-state index contributed by atoms with van der Waals surface area (Å²) in [7, 11) is 0. The number of carbonyl (C=O) groups is 1. The number of aromatic hydroxyl groups is 1. The summed E-state index contributed by atoms with van der Waals surface area (Å²) in [4.78, 5) is 11.6. The van der Waals surface area contributed by atoms with Crippen LogP contribution in [0.5, 0.6) is 5.75 Å². The van der Waals surface area contributed by atoms with Crippen LogP contribution in [0.1, 0.15) is 91.3 Å². The van der Waals surface area contributed by atoms with Crippen molar-refractivity contribution >= 4 is 5.91 Å². The van der Waals surface area contributed by atoms with E-state index in [9.17, 15) is 9.90 Å². The fourth-order valence-corrected chi connectivity index (χ4v) is 4.27. The molecule has 0 aromatic heterocycles. The summed E-state index contributed by atoms with van der Waals surface area (Å²) in [6.07, 6.45) is 4.27. The molecule has 2 N–H and O–H groups in total. The molecule has 0 spiro atoms. The lowest BCUT2D eigenvalue weighted by Gasteiger charge is -2.36. The number of benzene rings is 1. The molecule has 0 saturated carbocycles. The average Bonchev–Trinajstić information content (AvgIpc) is 2.50. The third kappa shape index (κ3) is 6.41. The number of phenols is 1. The van der Waals surface area contributed by atoms with Crippen molar-refractivity contribution in [1.29, 1.82) is 0 Å². The van der Waals surface area contributed by atoms with Gasteiger partial charge in [0.05, 0.1) is 0 Å². The molecule has 0 unspecified atom stereocenters. The van der Waals surface area contributed by atoms with Gasteiger partial charge in [0.25, 0.3) is 0 Å². The van der Waals surface area contributed by atoms with E-state index < -0.39 is 0 Å². The number of hydrogen-bond donors (Lipinski definition) is 2. The summed E-state index contributed by atoms with van der Waals surface area (Å²) < 4.78 is 0. The minimum absolute atomic E-state index is 0.135. The number of amides is 1. The quantitative estimate of drug-likeness (QED) is 0.550. The zero-order chi connectivity index (χ0) is 21.0. The fourth-order valence-electron chi connectivity index (χ4n) is 4.27. The number of carbonyl (C=O) groups excluding carboxylic acids is 1. The van der Waals surface area contributed by atoms with Gasteiger partial charge in [-0.05, 0) is 52.9 Å². The van der Waals surface area contributed by atoms with E-state index >= 15 is 0 Å². The minimum Gasteiger partial charge on any atom is -0.507 e. The monoisotopic (exact) mass is 373 g/mol. The Kier molecular flexibility index (Phi) is 7.32. The van der Waals surface area contributed by atoms with Crippen LogP contribution >= 0.6 is 0 Å². The van der Waals surface area contributed by atoms with Gasteiger partial charge in [-0.15, -0.1) is 0 Å². The van der Waals surface area contributed by atoms with Gasteiger partial charge in [0.1, 0.15) is 5.75 Å². The molecule has 0 saturated heterocycles. The predicted molar refractivity (Wildman–Crippen MR) is 115 cm³/mol. The van der Waals surface area contributed by atoms with Gasteiger partial charge in [0.15, 0.2) is 0 Å². The second-order valence-corrected chi connectivity index (χ2v) is 10.2. The SMILES string of the molecule is C=CC(=O)NCc1cc(C(C)(C)CCC)c(O)c(C(C)(C)CC(C)(C)C)c1. The number of nitrogens with one attached hydrogen (secondary N) is 1. The van der Waals surface area contributed by atoms with Gasteiger partial charge in [-0.1, -0.05) is 68.4 Å². The molecule has 1 amide bonds. The maximum absolute atomic E-state index is 11.6. The highest BCUT2D eigenvalue weighted by atomic mass is 16.3. The Morgan fingerprint density at radius 2 is 1.59 bits per heavy atom. The molecule has 1 aromatic carbocycles. The van der Waals surface area contributed by atoms with Gasteiger partial charge in [-0.25, -0.2) is 0 Å². The van der Waals surface area contributed by atoms with Crippen molar-refractivity contribution in [3.05, 3.63) is 41.5 Å². The third-order valence-electron chi connectivity index (χ3n) is 5.13. The smallest absolute Gasteiger partial charge is 0.243 e. The first kappa shape index (κ1) is 23.3. The normalized spacial score (nSPS) is 12.7. The fraction of sp³-hybridized carbons (Fsp3) is 0.625. The second kappa shape index (κ2) is 8.50. The summed E-state index contributed by atoms with van der Waals surface area (Å²) in [5, 5.41) is 14.1. The van der Waals surface area contributed by atoms with Gasteiger partial charge in [0.2, 0.25) is 5.91 Å². The standard InChI is InChI=1S/C24H39NO2/c1-10-12-23(6,7)18-13-17(15-25-20(26)11-2)14-19(21(18)27)24(8,9)16-22(3,4)5/h11,13-14,27H,2,10,12,15-16H2,1,3-9H3,(H,25,26). The molecule has 0 fully saturated rings. The summed E-state index contributed by atoms with van der Waals surface area (Å²) in [6, 6.07) is 4.10. The minimum atomic E-state index is -0.187. The zero-order valence-corrected chi connectivity index (χ0v) is 18.6. The van der Waals surface area contributed by atoms with E-state index in [1.165, 1.54) is 6.08 Å². The lowest BCUT2D eigenvalue weighted by atomic mass is 9.69. The van der Waals surface area contributed by atoms with Gasteiger partial charge in [-0.2, -0.15) is 0 Å². The molecule has 152 valence electrons. The van der Waals surface area contributed by atoms with Crippen LogP contribution < -0.4 is 5.32 Å². The first-order chi connectivity index (χ1) is 12.2. The number of phenolic OH excluding ortho intramolecular Hbond substituents is 1. The zero-order valence-electron chi connectivity index (χ0n) is 18.6. The van der Waals surface area contributed by atoms with Crippen LogP contribution in [0.2, 0.25) is 0 Å². The van der Waals surface area contributed by atoms with Crippen LogP contribution in [0.3, 0.4) is 0 Å². The largest absolute Gasteiger partial charge is 0.507 e. The first-order valence-electron chi connectivity index (χ1n) is 10.0. The number of rotatable bonds is 8. The summed E-state index contributed by atoms with van der Waals surface area (Å²) in [6.45, 7) is 21.5. The Morgan fingerprint density at radius 1 is 1.07 bits per heavy atom. The molecular formula is C24H39NO2. The van der Waals surface area contributed by atoms with Gasteiger partial charge < -0.3 is 10.4 Å². The molecule has 3 nitrogen and oxygen atoms in total. The molecule has 0 heterocycles. The molecule has 0 atom stereocenters. The van der Waals surface area contributed by atoms with E-state index in [4.69, 9.17) is 0 Å². The molecule has 0 radical (unpaired) electrons. The van der Waals surface area contributed by atoms with Crippen LogP contribution in [-0.2, 0) is 22.2 Å². The maximum Gasteiger partial charge on any atom is 0.243 e. The molecule has 1 aromatic rings. The first-order valence-corrected chi connectivity index (χ1v) is 10.0. The van der Waals surface area contributed by atoms with Gasteiger partial charge >= 0.3 is 0 Å². The Labute approximate surface area is 166 Å². The van der Waals surface area contributed by atoms with Crippen molar-refractivity contribution in [2.75, 3.05) is 0 Å². The molecule has 0 aliphatic carbocycles. The van der Waals surface area contributed by atoms with E-state index in [2.05, 4.69) is 73.4 Å². The molecule has 0 bridgehead atoms. The van der Waals surface area contributed by atoms with E-state index in [1.807, 2.05) is 6.07 Å². The summed E-state index contributed by atoms with van der Waals surface area (Å²) in [5.74, 6) is 0.217. The molecular weight excluding hydrogens is 334 g/mol. The van der Waals surface area contributed by atoms with E-state index in [1.54, 1.807) is 0 Å². The van der Waals surface area contributed by atoms with Crippen LogP contribution in [0.15, 0.2) is 24.8 Å². The molecule has 3 heteroatoms. The van der Waals surface area contributed by atoms with Crippen LogP contribution in [0, 0.1) is 5.41 Å². The molecule has 0 aliphatic heterocycles. The van der Waals surface area contributed by atoms with E-state index in [-0.39, 0.29) is 22.2 Å². The topological polar surface area (TPSA) is 49.3 Å². The van der Waals surface area contributed by atoms with Gasteiger partial charge in [-0.3, -0.25) is 4.79 Å². The van der Waals surface area contributed by atoms with E-state index in [0.29, 0.717) is 12.3 Å². The van der Waals surface area contributed by atoms with Gasteiger partial charge in [0, 0.05) is 17.7 Å². The Morgan fingerprint density at radius 3 is 2.04 bits per heavy atom. The lowest BCUT2D eigenvalue weighted by molar-refractivity contribution is -0.116. The highest BCUT2D eigenvalue weighted by Crippen LogP contribution is 2.45. The Bertz CT molecular complexity index is 678. The van der Waals surface area contributed by atoms with E-state index in [0.717, 1.165) is 36.0 Å². The van der Waals surface area contributed by atoms with Crippen LogP contribution in [-0.4, -0.2) is 11.0 Å². The molecule has 0 aliphatic rings. The van der Waals surface area contributed by atoms with Crippen LogP contribution in [0.25, 0.3) is 0 Å². The third-order valence-corrected chi connectivity index (χ3v) is 5.13. The van der Waals surface area contributed by atoms with Crippen molar-refractivity contribution in [2.45, 2.75) is 92.0 Å². The van der Waals surface area contributed by atoms with Crippen molar-refractivity contribution in [3.63, 3.8) is 0 Å². The van der Waals surface area contributed by atoms with Crippen molar-refractivity contribution < 1.29 is 9.90 Å². The van der Waals surface area contributed by atoms with Crippen molar-refractivity contribution in [1.82, 2.24) is 5.32 Å².